The van der Waals surface area contributed by atoms with Crippen LogP contribution in [-0.4, -0.2) is 80.9 Å². The molecule has 3 aliphatic heterocycles. The molecule has 164 valence electrons. The van der Waals surface area contributed by atoms with Gasteiger partial charge in [-0.25, -0.2) is 9.59 Å². The van der Waals surface area contributed by atoms with Crippen LogP contribution in [-0.2, 0) is 18.9 Å². The van der Waals surface area contributed by atoms with Crippen molar-refractivity contribution in [3.63, 3.8) is 0 Å². The number of benzene rings is 1. The van der Waals surface area contributed by atoms with Crippen LogP contribution in [0, 0.1) is 0 Å². The normalized spacial score (nSPS) is 28.3. The molecule has 1 aromatic carbocycles. The van der Waals surface area contributed by atoms with Crippen LogP contribution in [0.15, 0.2) is 24.3 Å². The van der Waals surface area contributed by atoms with E-state index in [2.05, 4.69) is 24.5 Å². The summed E-state index contributed by atoms with van der Waals surface area (Å²) in [6.45, 7) is 7.01. The first kappa shape index (κ1) is 20.9. The van der Waals surface area contributed by atoms with E-state index in [1.807, 2.05) is 24.3 Å². The lowest BCUT2D eigenvalue weighted by atomic mass is 10.0. The van der Waals surface area contributed by atoms with Gasteiger partial charge in [-0.1, -0.05) is 26.0 Å². The number of urea groups is 1. The van der Waals surface area contributed by atoms with Crippen LogP contribution in [0.4, 0.5) is 15.3 Å². The summed E-state index contributed by atoms with van der Waals surface area (Å²) in [5.41, 5.74) is 1.87. The monoisotopic (exact) mass is 419 g/mol. The highest BCUT2D eigenvalue weighted by Crippen LogP contribution is 2.29. The molecule has 3 amide bonds. The minimum atomic E-state index is -0.550. The van der Waals surface area contributed by atoms with Crippen molar-refractivity contribution in [3.05, 3.63) is 29.8 Å². The first-order valence-electron chi connectivity index (χ1n) is 10.5. The molecule has 0 aliphatic carbocycles. The SMILES string of the molecule is CC(C)c1ccc(NC(=O)O[C@H]2CO[C@@H]3[C@@H]2OC[C@@H]3NC(=O)N2CCOCC2)cc1. The van der Waals surface area contributed by atoms with Gasteiger partial charge in [0.05, 0.1) is 32.5 Å². The standard InChI is InChI=1S/C21H29N3O6/c1-13(2)14-3-5-15(6-4-14)22-21(26)30-17-12-29-18-16(11-28-19(17)18)23-20(25)24-7-9-27-10-8-24/h3-6,13,16-19H,7-12H2,1-2H3,(H,22,26)(H,23,25)/t16-,17-,18-,19+/m0/s1. The molecule has 0 radical (unpaired) electrons. The Balaban J connectivity index is 1.27. The van der Waals surface area contributed by atoms with Gasteiger partial charge < -0.3 is 29.2 Å². The van der Waals surface area contributed by atoms with Gasteiger partial charge in [0, 0.05) is 18.8 Å². The Hall–Kier alpha value is -2.36. The topological polar surface area (TPSA) is 98.4 Å². The number of fused-ring (bicyclic) bond motifs is 1. The maximum atomic E-state index is 12.4. The highest BCUT2D eigenvalue weighted by atomic mass is 16.6. The van der Waals surface area contributed by atoms with Crippen LogP contribution < -0.4 is 10.6 Å². The number of ether oxygens (including phenoxy) is 4. The number of nitrogens with one attached hydrogen (secondary N) is 2. The third-order valence-corrected chi connectivity index (χ3v) is 5.70. The molecular weight excluding hydrogens is 390 g/mol. The molecule has 3 fully saturated rings. The van der Waals surface area contributed by atoms with Crippen molar-refractivity contribution in [2.75, 3.05) is 44.8 Å². The first-order chi connectivity index (χ1) is 14.5. The van der Waals surface area contributed by atoms with Crippen LogP contribution in [0.2, 0.25) is 0 Å². The minimum Gasteiger partial charge on any atom is -0.441 e. The second-order valence-corrected chi connectivity index (χ2v) is 8.10. The maximum absolute atomic E-state index is 12.4. The predicted octanol–water partition coefficient (Wildman–Crippen LogP) is 1.94. The Morgan fingerprint density at radius 2 is 1.77 bits per heavy atom. The van der Waals surface area contributed by atoms with Crippen molar-refractivity contribution < 1.29 is 28.5 Å². The second kappa shape index (κ2) is 9.20. The summed E-state index contributed by atoms with van der Waals surface area (Å²) in [5, 5.41) is 5.71. The number of anilines is 1. The van der Waals surface area contributed by atoms with Crippen molar-refractivity contribution >= 4 is 17.8 Å². The molecule has 9 heteroatoms. The summed E-state index contributed by atoms with van der Waals surface area (Å²) in [5.74, 6) is 0.426. The van der Waals surface area contributed by atoms with E-state index in [-0.39, 0.29) is 24.8 Å². The fourth-order valence-corrected chi connectivity index (χ4v) is 3.94. The molecule has 30 heavy (non-hydrogen) atoms. The zero-order chi connectivity index (χ0) is 21.1. The van der Waals surface area contributed by atoms with E-state index in [4.69, 9.17) is 18.9 Å². The van der Waals surface area contributed by atoms with E-state index >= 15 is 0 Å². The molecule has 0 bridgehead atoms. The van der Waals surface area contributed by atoms with E-state index in [1.165, 1.54) is 5.56 Å². The first-order valence-corrected chi connectivity index (χ1v) is 10.5. The van der Waals surface area contributed by atoms with Crippen molar-refractivity contribution in [2.24, 2.45) is 0 Å². The smallest absolute Gasteiger partial charge is 0.412 e. The molecule has 4 atom stereocenters. The Kier molecular flexibility index (Phi) is 6.40. The highest BCUT2D eigenvalue weighted by molar-refractivity contribution is 5.84. The molecule has 2 N–H and O–H groups in total. The van der Waals surface area contributed by atoms with Gasteiger partial charge in [0.2, 0.25) is 0 Å². The van der Waals surface area contributed by atoms with Crippen LogP contribution in [0.1, 0.15) is 25.3 Å². The summed E-state index contributed by atoms with van der Waals surface area (Å²) >= 11 is 0. The number of carbonyl (C=O) groups is 2. The van der Waals surface area contributed by atoms with Gasteiger partial charge in [-0.3, -0.25) is 5.32 Å². The van der Waals surface area contributed by atoms with Crippen molar-refractivity contribution in [2.45, 2.75) is 44.1 Å². The lowest BCUT2D eigenvalue weighted by molar-refractivity contribution is 0.00852. The van der Waals surface area contributed by atoms with Crippen LogP contribution in [0.25, 0.3) is 0 Å². The molecule has 3 saturated heterocycles. The molecule has 0 spiro atoms. The molecule has 9 nitrogen and oxygen atoms in total. The highest BCUT2D eigenvalue weighted by Gasteiger charge is 2.50. The summed E-state index contributed by atoms with van der Waals surface area (Å²) in [7, 11) is 0. The Morgan fingerprint density at radius 3 is 2.47 bits per heavy atom. The van der Waals surface area contributed by atoms with E-state index in [0.717, 1.165) is 0 Å². The molecule has 3 heterocycles. The third-order valence-electron chi connectivity index (χ3n) is 5.70. The van der Waals surface area contributed by atoms with Gasteiger partial charge in [-0.05, 0) is 23.6 Å². The third kappa shape index (κ3) is 4.69. The molecule has 0 aromatic heterocycles. The van der Waals surface area contributed by atoms with E-state index in [1.54, 1.807) is 4.90 Å². The van der Waals surface area contributed by atoms with Crippen LogP contribution >= 0.6 is 0 Å². The Labute approximate surface area is 176 Å². The van der Waals surface area contributed by atoms with E-state index in [9.17, 15) is 9.59 Å². The van der Waals surface area contributed by atoms with Gasteiger partial charge >= 0.3 is 12.1 Å². The van der Waals surface area contributed by atoms with Gasteiger partial charge in [0.1, 0.15) is 12.2 Å². The second-order valence-electron chi connectivity index (χ2n) is 8.10. The van der Waals surface area contributed by atoms with Gasteiger partial charge in [-0.15, -0.1) is 0 Å². The molecule has 1 aromatic rings. The van der Waals surface area contributed by atoms with E-state index in [0.29, 0.717) is 44.5 Å². The summed E-state index contributed by atoms with van der Waals surface area (Å²) in [6, 6.07) is 7.25. The Morgan fingerprint density at radius 1 is 1.07 bits per heavy atom. The van der Waals surface area contributed by atoms with Crippen LogP contribution in [0.5, 0.6) is 0 Å². The number of carbonyl (C=O) groups excluding carboxylic acids is 2. The zero-order valence-corrected chi connectivity index (χ0v) is 17.3. The lowest BCUT2D eigenvalue weighted by Crippen LogP contribution is -2.52. The summed E-state index contributed by atoms with van der Waals surface area (Å²) in [4.78, 5) is 26.5. The van der Waals surface area contributed by atoms with Crippen molar-refractivity contribution in [1.29, 1.82) is 0 Å². The molecular formula is C21H29N3O6. The largest absolute Gasteiger partial charge is 0.441 e. The van der Waals surface area contributed by atoms with Crippen molar-refractivity contribution in [3.8, 4) is 0 Å². The number of hydrogen-bond donors (Lipinski definition) is 2. The van der Waals surface area contributed by atoms with Crippen LogP contribution in [0.3, 0.4) is 0 Å². The average molecular weight is 419 g/mol. The number of rotatable bonds is 4. The number of nitrogens with zero attached hydrogens (tertiary/aromatic N) is 1. The molecule has 4 rings (SSSR count). The number of morpholine rings is 1. The quantitative estimate of drug-likeness (QED) is 0.774. The maximum Gasteiger partial charge on any atom is 0.412 e. The number of hydrogen-bond acceptors (Lipinski definition) is 6. The average Bonchev–Trinajstić information content (AvgIpc) is 3.32. The predicted molar refractivity (Wildman–Crippen MR) is 109 cm³/mol. The van der Waals surface area contributed by atoms with Gasteiger partial charge in [-0.2, -0.15) is 0 Å². The van der Waals surface area contributed by atoms with Gasteiger partial charge in [0.25, 0.3) is 0 Å². The fourth-order valence-electron chi connectivity index (χ4n) is 3.94. The molecule has 0 saturated carbocycles. The zero-order valence-electron chi connectivity index (χ0n) is 17.3. The Bertz CT molecular complexity index is 750. The fraction of sp³-hybridized carbons (Fsp3) is 0.619. The van der Waals surface area contributed by atoms with Gasteiger partial charge in [0.15, 0.2) is 6.10 Å². The van der Waals surface area contributed by atoms with E-state index < -0.39 is 18.3 Å². The minimum absolute atomic E-state index is 0.150. The summed E-state index contributed by atoms with van der Waals surface area (Å²) in [6.07, 6.45) is -1.80. The molecule has 3 aliphatic rings. The number of amides is 3. The summed E-state index contributed by atoms with van der Waals surface area (Å²) < 4.78 is 22.4. The lowest BCUT2D eigenvalue weighted by Gasteiger charge is -2.29. The molecule has 0 unspecified atom stereocenters. The van der Waals surface area contributed by atoms with Crippen molar-refractivity contribution in [1.82, 2.24) is 10.2 Å².